The van der Waals surface area contributed by atoms with E-state index in [0.717, 1.165) is 11.8 Å². The number of rotatable bonds is 7. The maximum absolute atomic E-state index is 13.6. The van der Waals surface area contributed by atoms with Crippen molar-refractivity contribution in [2.75, 3.05) is 7.11 Å². The first-order valence-corrected chi connectivity index (χ1v) is 13.7. The highest BCUT2D eigenvalue weighted by Gasteiger charge is 2.20. The lowest BCUT2D eigenvalue weighted by atomic mass is 10.2. The topological polar surface area (TPSA) is 78.8 Å². The molecule has 0 aliphatic rings. The Bertz CT molecular complexity index is 1760. The lowest BCUT2D eigenvalue weighted by Crippen LogP contribution is -2.20. The molecule has 0 saturated heterocycles. The summed E-state index contributed by atoms with van der Waals surface area (Å²) < 4.78 is 20.3. The monoisotopic (exact) mass is 657 g/mol. The van der Waals surface area contributed by atoms with Gasteiger partial charge in [0, 0.05) is 20.4 Å². The van der Waals surface area contributed by atoms with Crippen LogP contribution < -0.4 is 15.0 Å². The van der Waals surface area contributed by atoms with Crippen molar-refractivity contribution in [2.24, 2.45) is 5.10 Å². The van der Waals surface area contributed by atoms with Gasteiger partial charge in [-0.15, -0.1) is 0 Å². The van der Waals surface area contributed by atoms with Gasteiger partial charge in [0.25, 0.3) is 5.56 Å². The molecule has 3 aromatic carbocycles. The van der Waals surface area contributed by atoms with Crippen molar-refractivity contribution in [1.82, 2.24) is 9.66 Å². The van der Waals surface area contributed by atoms with Gasteiger partial charge in [0.1, 0.15) is 5.58 Å². The van der Waals surface area contributed by atoms with E-state index >= 15 is 0 Å². The number of halogens is 3. The number of furan rings is 1. The Labute approximate surface area is 240 Å². The highest BCUT2D eigenvalue weighted by atomic mass is 79.9. The molecular formula is C28H22Br2ClN3O4. The van der Waals surface area contributed by atoms with Crippen LogP contribution in [0.5, 0.6) is 11.5 Å². The van der Waals surface area contributed by atoms with E-state index in [-0.39, 0.29) is 17.5 Å². The Morgan fingerprint density at radius 1 is 1.16 bits per heavy atom. The second-order valence-electron chi connectivity index (χ2n) is 8.57. The summed E-state index contributed by atoms with van der Waals surface area (Å²) in [6.45, 7) is 4.03. The summed E-state index contributed by atoms with van der Waals surface area (Å²) in [5.74, 6) is 1.76. The van der Waals surface area contributed by atoms with Crippen molar-refractivity contribution >= 4 is 71.5 Å². The van der Waals surface area contributed by atoms with Crippen molar-refractivity contribution in [1.29, 1.82) is 0 Å². The smallest absolute Gasteiger partial charge is 0.282 e. The highest BCUT2D eigenvalue weighted by Crippen LogP contribution is 2.43. The Morgan fingerprint density at radius 3 is 2.71 bits per heavy atom. The molecule has 0 N–H and O–H groups in total. The fraction of sp³-hybridized carbons (Fsp3) is 0.179. The van der Waals surface area contributed by atoms with Gasteiger partial charge in [0.2, 0.25) is 5.82 Å². The normalized spacial score (nSPS) is 12.5. The molecule has 194 valence electrons. The minimum atomic E-state index is -0.334. The van der Waals surface area contributed by atoms with E-state index in [4.69, 9.17) is 30.5 Å². The fourth-order valence-corrected chi connectivity index (χ4v) is 4.97. The van der Waals surface area contributed by atoms with Crippen molar-refractivity contribution in [2.45, 2.75) is 26.4 Å². The van der Waals surface area contributed by atoms with Crippen LogP contribution in [0, 0.1) is 0 Å². The van der Waals surface area contributed by atoms with Gasteiger partial charge in [-0.3, -0.25) is 4.79 Å². The molecule has 0 saturated carbocycles. The number of nitrogens with zero attached hydrogens (tertiary/aromatic N) is 3. The molecule has 0 radical (unpaired) electrons. The van der Waals surface area contributed by atoms with E-state index in [1.807, 2.05) is 19.9 Å². The number of benzene rings is 3. The fourth-order valence-electron chi connectivity index (χ4n) is 3.88. The third-order valence-electron chi connectivity index (χ3n) is 6.03. The van der Waals surface area contributed by atoms with Crippen LogP contribution in [0.2, 0.25) is 5.02 Å². The molecule has 2 heterocycles. The predicted octanol–water partition coefficient (Wildman–Crippen LogP) is 8.06. The van der Waals surface area contributed by atoms with Gasteiger partial charge in [-0.25, -0.2) is 4.98 Å². The number of methoxy groups -OCH3 is 1. The van der Waals surface area contributed by atoms with Crippen LogP contribution >= 0.6 is 43.5 Å². The Balaban J connectivity index is 1.67. The highest BCUT2D eigenvalue weighted by molar-refractivity contribution is 9.13. The number of fused-ring (bicyclic) bond motifs is 2. The average molecular weight is 660 g/mol. The largest absolute Gasteiger partial charge is 0.493 e. The first-order valence-electron chi connectivity index (χ1n) is 11.8. The van der Waals surface area contributed by atoms with Crippen molar-refractivity contribution in [3.63, 3.8) is 0 Å². The summed E-state index contributed by atoms with van der Waals surface area (Å²) in [4.78, 5) is 18.3. The van der Waals surface area contributed by atoms with Crippen LogP contribution in [0.25, 0.3) is 33.5 Å². The van der Waals surface area contributed by atoms with E-state index in [0.29, 0.717) is 53.3 Å². The maximum atomic E-state index is 13.6. The Morgan fingerprint density at radius 2 is 1.95 bits per heavy atom. The molecule has 7 nitrogen and oxygen atoms in total. The molecule has 0 spiro atoms. The third-order valence-corrected chi connectivity index (χ3v) is 8.41. The zero-order valence-electron chi connectivity index (χ0n) is 20.7. The summed E-state index contributed by atoms with van der Waals surface area (Å²) >= 11 is 13.4. The maximum Gasteiger partial charge on any atom is 0.282 e. The molecule has 38 heavy (non-hydrogen) atoms. The second kappa shape index (κ2) is 10.9. The van der Waals surface area contributed by atoms with E-state index in [1.165, 1.54) is 4.68 Å². The molecule has 5 aromatic rings. The van der Waals surface area contributed by atoms with Crippen LogP contribution in [0.3, 0.4) is 0 Å². The third kappa shape index (κ3) is 4.98. The van der Waals surface area contributed by atoms with E-state index in [2.05, 4.69) is 37.0 Å². The Hall–Kier alpha value is -3.14. The number of hydrogen-bond acceptors (Lipinski definition) is 6. The first-order chi connectivity index (χ1) is 18.3. The lowest BCUT2D eigenvalue weighted by molar-refractivity contribution is 0.206. The molecule has 5 rings (SSSR count). The molecule has 0 amide bonds. The van der Waals surface area contributed by atoms with Crippen LogP contribution in [-0.4, -0.2) is 29.1 Å². The number of ether oxygens (including phenoxy) is 2. The zero-order chi connectivity index (χ0) is 27.0. The van der Waals surface area contributed by atoms with Crippen LogP contribution in [0.1, 0.15) is 25.8 Å². The molecule has 0 aliphatic carbocycles. The van der Waals surface area contributed by atoms with Crippen molar-refractivity contribution in [3.8, 4) is 23.1 Å². The van der Waals surface area contributed by atoms with Gasteiger partial charge >= 0.3 is 0 Å². The second-order valence-corrected chi connectivity index (χ2v) is 10.6. The van der Waals surface area contributed by atoms with E-state index in [1.54, 1.807) is 61.9 Å². The van der Waals surface area contributed by atoms with Crippen LogP contribution in [0.15, 0.2) is 77.9 Å². The number of aromatic nitrogens is 2. The van der Waals surface area contributed by atoms with Gasteiger partial charge in [0.15, 0.2) is 17.3 Å². The summed E-state index contributed by atoms with van der Waals surface area (Å²) in [6.07, 6.45) is 2.39. The van der Waals surface area contributed by atoms with Gasteiger partial charge < -0.3 is 13.9 Å². The van der Waals surface area contributed by atoms with Gasteiger partial charge in [-0.2, -0.15) is 9.78 Å². The van der Waals surface area contributed by atoms with Gasteiger partial charge in [-0.05, 0) is 87.7 Å². The molecule has 0 bridgehead atoms. The minimum absolute atomic E-state index is 0.00452. The first kappa shape index (κ1) is 26.5. The molecular weight excluding hydrogens is 638 g/mol. The van der Waals surface area contributed by atoms with Gasteiger partial charge in [0.05, 0.1) is 34.8 Å². The molecule has 10 heteroatoms. The SMILES string of the molecule is CC[C@@H](C)Oc1c(OC)cc(C=Nn2c(-c3cc4cc(Cl)ccc4o3)nc3ccccc3c2=O)c(Br)c1Br. The van der Waals surface area contributed by atoms with E-state index in [9.17, 15) is 4.79 Å². The van der Waals surface area contributed by atoms with Gasteiger partial charge in [-0.1, -0.05) is 30.7 Å². The van der Waals surface area contributed by atoms with Crippen LogP contribution in [-0.2, 0) is 0 Å². The minimum Gasteiger partial charge on any atom is -0.493 e. The standard InChI is InChI=1S/C28H22Br2ClN3O4/c1-4-15(2)37-26-22(36-3)13-17(24(29)25(26)30)14-32-34-27(33-20-8-6-5-7-19(20)28(34)35)23-12-16-11-18(31)9-10-21(16)38-23/h5-15H,4H2,1-3H3/t15-/m1/s1. The quantitative estimate of drug-likeness (QED) is 0.165. The van der Waals surface area contributed by atoms with Crippen molar-refractivity contribution < 1.29 is 13.9 Å². The van der Waals surface area contributed by atoms with Crippen molar-refractivity contribution in [3.05, 3.63) is 84.5 Å². The summed E-state index contributed by atoms with van der Waals surface area (Å²) in [7, 11) is 1.57. The molecule has 1 atom stereocenters. The molecule has 0 fully saturated rings. The summed E-state index contributed by atoms with van der Waals surface area (Å²) in [5, 5.41) is 6.36. The molecule has 0 unspecified atom stereocenters. The molecule has 2 aromatic heterocycles. The van der Waals surface area contributed by atoms with Crippen LogP contribution in [0.4, 0.5) is 0 Å². The average Bonchev–Trinajstić information content (AvgIpc) is 3.34. The predicted molar refractivity (Wildman–Crippen MR) is 158 cm³/mol. The van der Waals surface area contributed by atoms with E-state index < -0.39 is 0 Å². The summed E-state index contributed by atoms with van der Waals surface area (Å²) in [6, 6.07) is 16.0. The Kier molecular flexibility index (Phi) is 7.61. The zero-order valence-corrected chi connectivity index (χ0v) is 24.6. The lowest BCUT2D eigenvalue weighted by Gasteiger charge is -2.18. The number of hydrogen-bond donors (Lipinski definition) is 0. The number of para-hydroxylation sites is 1. The summed E-state index contributed by atoms with van der Waals surface area (Å²) in [5.41, 5.74) is 1.48. The molecule has 0 aliphatic heterocycles.